The minimum absolute atomic E-state index is 0.0831. The monoisotopic (exact) mass is 336 g/mol. The van der Waals surface area contributed by atoms with Crippen LogP contribution in [-0.4, -0.2) is 33.1 Å². The summed E-state index contributed by atoms with van der Waals surface area (Å²) >= 11 is 0. The van der Waals surface area contributed by atoms with Crippen LogP contribution in [0.2, 0.25) is 0 Å². The highest BCUT2D eigenvalue weighted by Gasteiger charge is 2.65. The van der Waals surface area contributed by atoms with Crippen molar-refractivity contribution in [2.24, 2.45) is 34.5 Å². The molecule has 0 radical (unpaired) electrons. The molecule has 4 fully saturated rings. The van der Waals surface area contributed by atoms with E-state index in [-0.39, 0.29) is 11.5 Å². The average Bonchev–Trinajstić information content (AvgIpc) is 2.81. The Balaban J connectivity index is 1.63. The minimum atomic E-state index is -0.900. The Bertz CT molecular complexity index is 505. The van der Waals surface area contributed by atoms with Gasteiger partial charge in [0.15, 0.2) is 0 Å². The van der Waals surface area contributed by atoms with Gasteiger partial charge in [0.2, 0.25) is 0 Å². The van der Waals surface area contributed by atoms with E-state index in [0.717, 1.165) is 38.0 Å². The number of rotatable bonds is 1. The molecule has 0 heterocycles. The second-order valence-electron chi connectivity index (χ2n) is 10.2. The highest BCUT2D eigenvalue weighted by Crippen LogP contribution is 2.68. The van der Waals surface area contributed by atoms with Gasteiger partial charge in [-0.2, -0.15) is 0 Å². The van der Waals surface area contributed by atoms with Crippen molar-refractivity contribution in [3.8, 4) is 0 Å². The normalized spacial score (nSPS) is 58.5. The molecule has 0 spiro atoms. The van der Waals surface area contributed by atoms with Crippen LogP contribution in [0.15, 0.2) is 0 Å². The Morgan fingerprint density at radius 3 is 2.33 bits per heavy atom. The first-order valence-electron chi connectivity index (χ1n) is 10.3. The van der Waals surface area contributed by atoms with E-state index in [1.165, 1.54) is 25.7 Å². The van der Waals surface area contributed by atoms with Crippen LogP contribution in [0, 0.1) is 34.5 Å². The van der Waals surface area contributed by atoms with Crippen molar-refractivity contribution in [2.45, 2.75) is 96.4 Å². The zero-order valence-electron chi connectivity index (χ0n) is 15.7. The minimum Gasteiger partial charge on any atom is -0.393 e. The van der Waals surface area contributed by atoms with Gasteiger partial charge >= 0.3 is 0 Å². The Morgan fingerprint density at radius 2 is 1.62 bits per heavy atom. The van der Waals surface area contributed by atoms with Gasteiger partial charge in [-0.25, -0.2) is 0 Å². The smallest absolute Gasteiger partial charge is 0.0958 e. The quantitative estimate of drug-likeness (QED) is 0.687. The van der Waals surface area contributed by atoms with E-state index in [9.17, 15) is 15.3 Å². The lowest BCUT2D eigenvalue weighted by molar-refractivity contribution is -0.186. The summed E-state index contributed by atoms with van der Waals surface area (Å²) in [5, 5.41) is 31.7. The average molecular weight is 337 g/mol. The van der Waals surface area contributed by atoms with Gasteiger partial charge in [0.25, 0.3) is 0 Å². The van der Waals surface area contributed by atoms with Crippen molar-refractivity contribution in [1.82, 2.24) is 0 Å². The first-order valence-corrected chi connectivity index (χ1v) is 10.3. The number of aliphatic hydroxyl groups excluding tert-OH is 2. The van der Waals surface area contributed by atoms with Crippen molar-refractivity contribution >= 4 is 0 Å². The van der Waals surface area contributed by atoms with Crippen molar-refractivity contribution in [2.75, 3.05) is 0 Å². The third-order valence-corrected chi connectivity index (χ3v) is 9.54. The highest BCUT2D eigenvalue weighted by atomic mass is 16.3. The van der Waals surface area contributed by atoms with Crippen molar-refractivity contribution in [3.63, 3.8) is 0 Å². The predicted molar refractivity (Wildman–Crippen MR) is 94.4 cm³/mol. The summed E-state index contributed by atoms with van der Waals surface area (Å²) in [6.45, 7) is 6.53. The molecule has 0 unspecified atom stereocenters. The molecule has 0 amide bonds. The summed E-state index contributed by atoms with van der Waals surface area (Å²) < 4.78 is 0. The van der Waals surface area contributed by atoms with Crippen LogP contribution in [0.1, 0.15) is 78.6 Å². The van der Waals surface area contributed by atoms with E-state index in [4.69, 9.17) is 0 Å². The third-order valence-electron chi connectivity index (χ3n) is 9.54. The van der Waals surface area contributed by atoms with Gasteiger partial charge in [-0.1, -0.05) is 13.8 Å². The molecule has 9 atom stereocenters. The number of hydrogen-bond acceptors (Lipinski definition) is 3. The molecule has 0 aromatic carbocycles. The van der Waals surface area contributed by atoms with Crippen LogP contribution in [0.3, 0.4) is 0 Å². The summed E-state index contributed by atoms with van der Waals surface area (Å²) in [5.74, 6) is 2.69. The lowest BCUT2D eigenvalue weighted by Gasteiger charge is -2.61. The predicted octanol–water partition coefficient (Wildman–Crippen LogP) is 3.50. The van der Waals surface area contributed by atoms with E-state index in [0.29, 0.717) is 23.2 Å². The molecule has 3 nitrogen and oxygen atoms in total. The first kappa shape index (κ1) is 17.3. The lowest BCUT2D eigenvalue weighted by atomic mass is 9.44. The number of fused-ring (bicyclic) bond motifs is 5. The largest absolute Gasteiger partial charge is 0.393 e. The fourth-order valence-electron chi connectivity index (χ4n) is 7.97. The van der Waals surface area contributed by atoms with E-state index in [2.05, 4.69) is 13.8 Å². The fraction of sp³-hybridized carbons (Fsp3) is 1.00. The maximum atomic E-state index is 11.3. The molecule has 0 aliphatic heterocycles. The molecule has 4 aliphatic rings. The molecule has 3 N–H and O–H groups in total. The SMILES string of the molecule is C[C@@H](O)[C@@]1(O)CC[C@H]2[C@@H]3CC[C@@H]4C[C@@H](O)CC[C@]4(C)[C@H]3CC[C@@]21C. The van der Waals surface area contributed by atoms with E-state index >= 15 is 0 Å². The van der Waals surface area contributed by atoms with Crippen LogP contribution in [0.5, 0.6) is 0 Å². The van der Waals surface area contributed by atoms with Crippen LogP contribution in [0.25, 0.3) is 0 Å². The van der Waals surface area contributed by atoms with E-state index < -0.39 is 11.7 Å². The molecule has 138 valence electrons. The van der Waals surface area contributed by atoms with Gasteiger partial charge < -0.3 is 15.3 Å². The molecular formula is C21H36O3. The molecule has 0 saturated heterocycles. The molecule has 24 heavy (non-hydrogen) atoms. The number of aliphatic hydroxyl groups is 3. The first-order chi connectivity index (χ1) is 11.2. The summed E-state index contributed by atoms with van der Waals surface area (Å²) in [6.07, 6.45) is 8.99. The van der Waals surface area contributed by atoms with Gasteiger partial charge in [-0.3, -0.25) is 0 Å². The summed E-state index contributed by atoms with van der Waals surface area (Å²) in [5.41, 5.74) is -0.641. The molecule has 0 aromatic heterocycles. The van der Waals surface area contributed by atoms with Crippen LogP contribution in [0.4, 0.5) is 0 Å². The van der Waals surface area contributed by atoms with Crippen LogP contribution >= 0.6 is 0 Å². The summed E-state index contributed by atoms with van der Waals surface area (Å²) in [4.78, 5) is 0. The second-order valence-corrected chi connectivity index (χ2v) is 10.2. The Hall–Kier alpha value is -0.120. The van der Waals surface area contributed by atoms with Gasteiger partial charge in [-0.15, -0.1) is 0 Å². The van der Waals surface area contributed by atoms with E-state index in [1.807, 2.05) is 0 Å². The Labute approximate surface area is 146 Å². The van der Waals surface area contributed by atoms with E-state index in [1.54, 1.807) is 6.92 Å². The van der Waals surface area contributed by atoms with Gasteiger partial charge in [0.1, 0.15) is 0 Å². The van der Waals surface area contributed by atoms with Crippen molar-refractivity contribution in [3.05, 3.63) is 0 Å². The molecule has 3 heteroatoms. The Kier molecular flexibility index (Phi) is 3.92. The second kappa shape index (κ2) is 5.44. The molecule has 0 aromatic rings. The summed E-state index contributed by atoms with van der Waals surface area (Å²) in [7, 11) is 0. The number of hydrogen-bond donors (Lipinski definition) is 3. The maximum absolute atomic E-state index is 11.3. The standard InChI is InChI=1S/C21H36O3/c1-13(22)21(24)11-8-18-16-5-4-14-12-15(23)6-9-19(14,2)17(16)7-10-20(18,21)3/h13-18,22-24H,4-12H2,1-3H3/t13-,14-,15+,16-,17+,18+,19+,20+,21+/m1/s1. The zero-order valence-corrected chi connectivity index (χ0v) is 15.7. The third kappa shape index (κ3) is 2.07. The van der Waals surface area contributed by atoms with Crippen molar-refractivity contribution in [1.29, 1.82) is 0 Å². The van der Waals surface area contributed by atoms with Crippen LogP contribution in [-0.2, 0) is 0 Å². The van der Waals surface area contributed by atoms with Gasteiger partial charge in [-0.05, 0) is 93.8 Å². The summed E-state index contributed by atoms with van der Waals surface area (Å²) in [6, 6.07) is 0. The van der Waals surface area contributed by atoms with Gasteiger partial charge in [0, 0.05) is 5.41 Å². The molecule has 4 aliphatic carbocycles. The maximum Gasteiger partial charge on any atom is 0.0958 e. The van der Waals surface area contributed by atoms with Crippen LogP contribution < -0.4 is 0 Å². The highest BCUT2D eigenvalue weighted by molar-refractivity contribution is 5.15. The molecule has 4 rings (SSSR count). The molecule has 0 bridgehead atoms. The zero-order chi connectivity index (χ0) is 17.3. The topological polar surface area (TPSA) is 60.7 Å². The Morgan fingerprint density at radius 1 is 0.917 bits per heavy atom. The molecular weight excluding hydrogens is 300 g/mol. The molecule has 4 saturated carbocycles. The lowest BCUT2D eigenvalue weighted by Crippen LogP contribution is -2.59. The van der Waals surface area contributed by atoms with Crippen molar-refractivity contribution < 1.29 is 15.3 Å². The fourth-order valence-corrected chi connectivity index (χ4v) is 7.97. The van der Waals surface area contributed by atoms with Gasteiger partial charge in [0.05, 0.1) is 17.8 Å².